The molecule has 22 heavy (non-hydrogen) atoms. The first-order valence-corrected chi connectivity index (χ1v) is 9.14. The normalized spacial score (nSPS) is 13.9. The molecule has 0 aliphatic rings. The van der Waals surface area contributed by atoms with Gasteiger partial charge in [0, 0.05) is 11.0 Å². The highest BCUT2D eigenvalue weighted by Gasteiger charge is 2.06. The molecule has 1 N–H and O–H groups in total. The third kappa shape index (κ3) is 14.0. The van der Waals surface area contributed by atoms with E-state index in [1.54, 1.807) is 11.8 Å². The summed E-state index contributed by atoms with van der Waals surface area (Å²) >= 11 is 1.71. The maximum atomic E-state index is 10.6. The van der Waals surface area contributed by atoms with Gasteiger partial charge in [0.25, 0.3) is 0 Å². The van der Waals surface area contributed by atoms with Gasteiger partial charge in [0.15, 0.2) is 0 Å². The second-order valence-electron chi connectivity index (χ2n) is 6.20. The van der Waals surface area contributed by atoms with E-state index in [9.17, 15) is 4.79 Å². The van der Waals surface area contributed by atoms with Crippen LogP contribution >= 0.6 is 11.8 Å². The van der Waals surface area contributed by atoms with Crippen LogP contribution in [0.4, 0.5) is 0 Å². The third-order valence-corrected chi connectivity index (χ3v) is 4.49. The molecule has 3 heteroatoms. The van der Waals surface area contributed by atoms with Crippen LogP contribution in [0.25, 0.3) is 0 Å². The van der Waals surface area contributed by atoms with Crippen LogP contribution in [0.2, 0.25) is 0 Å². The van der Waals surface area contributed by atoms with Crippen molar-refractivity contribution in [1.29, 1.82) is 0 Å². The molecule has 0 fully saturated rings. The van der Waals surface area contributed by atoms with Crippen molar-refractivity contribution < 1.29 is 9.90 Å². The van der Waals surface area contributed by atoms with Gasteiger partial charge in [-0.15, -0.1) is 0 Å². The van der Waals surface area contributed by atoms with E-state index in [4.69, 9.17) is 5.11 Å². The maximum absolute atomic E-state index is 10.6. The summed E-state index contributed by atoms with van der Waals surface area (Å²) in [5.41, 5.74) is 4.25. The number of aliphatic carboxylic acids is 1. The Kier molecular flexibility index (Phi) is 12.0. The van der Waals surface area contributed by atoms with Crippen molar-refractivity contribution in [3.63, 3.8) is 0 Å². The molecule has 0 bridgehead atoms. The summed E-state index contributed by atoms with van der Waals surface area (Å²) in [6.07, 6.45) is 11.6. The van der Waals surface area contributed by atoms with Crippen LogP contribution in [-0.2, 0) is 4.79 Å². The number of hydrogen-bond acceptors (Lipinski definition) is 2. The lowest BCUT2D eigenvalue weighted by Crippen LogP contribution is -2.05. The highest BCUT2D eigenvalue weighted by Crippen LogP contribution is 2.16. The summed E-state index contributed by atoms with van der Waals surface area (Å²) in [4.78, 5) is 10.6. The number of hydrogen-bond donors (Lipinski definition) is 1. The average Bonchev–Trinajstić information content (AvgIpc) is 2.37. The lowest BCUT2D eigenvalue weighted by molar-refractivity contribution is -0.136. The second kappa shape index (κ2) is 12.6. The Labute approximate surface area is 140 Å². The first kappa shape index (κ1) is 21.0. The van der Waals surface area contributed by atoms with Crippen molar-refractivity contribution in [2.45, 2.75) is 72.0 Å². The number of carbonyl (C=O) groups is 1. The Hall–Kier alpha value is -0.960. The van der Waals surface area contributed by atoms with Gasteiger partial charge in [-0.25, -0.2) is 0 Å². The van der Waals surface area contributed by atoms with E-state index in [1.165, 1.54) is 16.7 Å². The van der Waals surface area contributed by atoms with Crippen LogP contribution in [0.15, 0.2) is 34.9 Å². The van der Waals surface area contributed by atoms with Crippen LogP contribution in [0.1, 0.15) is 66.7 Å². The molecule has 1 unspecified atom stereocenters. The van der Waals surface area contributed by atoms with Gasteiger partial charge in [-0.3, -0.25) is 4.79 Å². The predicted molar refractivity (Wildman–Crippen MR) is 99.6 cm³/mol. The van der Waals surface area contributed by atoms with Crippen LogP contribution in [-0.4, -0.2) is 22.1 Å². The molecule has 1 atom stereocenters. The van der Waals surface area contributed by atoms with Gasteiger partial charge in [0.1, 0.15) is 0 Å². The van der Waals surface area contributed by atoms with E-state index in [-0.39, 0.29) is 11.7 Å². The third-order valence-electron chi connectivity index (χ3n) is 3.40. The van der Waals surface area contributed by atoms with Gasteiger partial charge in [0.05, 0.1) is 6.42 Å². The number of allylic oxidation sites excluding steroid dienone is 5. The number of carboxylic acid groups (broad SMARTS) is 1. The minimum Gasteiger partial charge on any atom is -0.481 e. The maximum Gasteiger partial charge on any atom is 0.304 e. The lowest BCUT2D eigenvalue weighted by atomic mass is 10.1. The van der Waals surface area contributed by atoms with Crippen molar-refractivity contribution in [3.8, 4) is 0 Å². The number of thioether (sulfide) groups is 1. The topological polar surface area (TPSA) is 37.3 Å². The molecule has 0 saturated carbocycles. The molecular weight excluding hydrogens is 292 g/mol. The second-order valence-corrected chi connectivity index (χ2v) is 7.67. The molecule has 126 valence electrons. The molecule has 0 saturated heterocycles. The van der Waals surface area contributed by atoms with E-state index in [0.717, 1.165) is 31.4 Å². The van der Waals surface area contributed by atoms with Gasteiger partial charge in [-0.1, -0.05) is 41.9 Å². The molecular formula is C19H32O2S. The van der Waals surface area contributed by atoms with E-state index in [1.807, 2.05) is 6.92 Å². The monoisotopic (exact) mass is 324 g/mol. The molecule has 0 radical (unpaired) electrons. The van der Waals surface area contributed by atoms with Crippen molar-refractivity contribution in [1.82, 2.24) is 0 Å². The average molecular weight is 325 g/mol. The molecule has 0 aromatic rings. The summed E-state index contributed by atoms with van der Waals surface area (Å²) < 4.78 is 0. The van der Waals surface area contributed by atoms with E-state index >= 15 is 0 Å². The largest absolute Gasteiger partial charge is 0.481 e. The molecule has 0 spiro atoms. The number of carboxylic acids is 1. The van der Waals surface area contributed by atoms with Crippen LogP contribution in [0.3, 0.4) is 0 Å². The van der Waals surface area contributed by atoms with Gasteiger partial charge in [0.2, 0.25) is 0 Å². The molecule has 2 nitrogen and oxygen atoms in total. The van der Waals surface area contributed by atoms with Crippen LogP contribution in [0, 0.1) is 0 Å². The SMILES string of the molecule is CC(C)=CCC/C(C)=C/CC/C(C)=C/CSC(C)CC(=O)O. The van der Waals surface area contributed by atoms with Gasteiger partial charge < -0.3 is 5.11 Å². The van der Waals surface area contributed by atoms with Gasteiger partial charge in [-0.05, 0) is 53.4 Å². The highest BCUT2D eigenvalue weighted by atomic mass is 32.2. The smallest absolute Gasteiger partial charge is 0.304 e. The molecule has 0 rings (SSSR count). The zero-order chi connectivity index (χ0) is 17.0. The fourth-order valence-corrected chi connectivity index (χ4v) is 2.97. The predicted octanol–water partition coefficient (Wildman–Crippen LogP) is 6.00. The molecule has 0 heterocycles. The fourth-order valence-electron chi connectivity index (χ4n) is 2.00. The Morgan fingerprint density at radius 1 is 1.00 bits per heavy atom. The molecule has 0 aliphatic carbocycles. The fraction of sp³-hybridized carbons (Fsp3) is 0.632. The zero-order valence-electron chi connectivity index (χ0n) is 14.8. The first-order chi connectivity index (χ1) is 10.3. The Balaban J connectivity index is 3.91. The lowest BCUT2D eigenvalue weighted by Gasteiger charge is -2.06. The van der Waals surface area contributed by atoms with Crippen LogP contribution in [0.5, 0.6) is 0 Å². The zero-order valence-corrected chi connectivity index (χ0v) is 15.6. The Bertz CT molecular complexity index is 415. The molecule has 0 aromatic carbocycles. The molecule has 0 aliphatic heterocycles. The standard InChI is InChI=1S/C19H32O2S/c1-15(2)8-6-9-16(3)10-7-11-17(4)12-13-22-18(5)14-19(20)21/h8,10,12,18H,6-7,9,11,13-14H2,1-5H3,(H,20,21)/b16-10+,17-12+. The summed E-state index contributed by atoms with van der Waals surface area (Å²) in [6, 6.07) is 0. The van der Waals surface area contributed by atoms with Crippen molar-refractivity contribution in [2.24, 2.45) is 0 Å². The highest BCUT2D eigenvalue weighted by molar-refractivity contribution is 8.00. The first-order valence-electron chi connectivity index (χ1n) is 8.09. The van der Waals surface area contributed by atoms with Crippen molar-refractivity contribution in [2.75, 3.05) is 5.75 Å². The summed E-state index contributed by atoms with van der Waals surface area (Å²) in [7, 11) is 0. The summed E-state index contributed by atoms with van der Waals surface area (Å²) in [6.45, 7) is 10.6. The van der Waals surface area contributed by atoms with E-state index < -0.39 is 5.97 Å². The Morgan fingerprint density at radius 3 is 2.09 bits per heavy atom. The Morgan fingerprint density at radius 2 is 1.55 bits per heavy atom. The van der Waals surface area contributed by atoms with Gasteiger partial charge >= 0.3 is 5.97 Å². The quantitative estimate of drug-likeness (QED) is 0.473. The van der Waals surface area contributed by atoms with Crippen LogP contribution < -0.4 is 0 Å². The minimum atomic E-state index is -0.713. The van der Waals surface area contributed by atoms with Crippen molar-refractivity contribution in [3.05, 3.63) is 34.9 Å². The van der Waals surface area contributed by atoms with Gasteiger partial charge in [-0.2, -0.15) is 11.8 Å². The van der Waals surface area contributed by atoms with E-state index in [2.05, 4.69) is 45.9 Å². The molecule has 0 amide bonds. The minimum absolute atomic E-state index is 0.179. The summed E-state index contributed by atoms with van der Waals surface area (Å²) in [5.74, 6) is 0.193. The van der Waals surface area contributed by atoms with Crippen molar-refractivity contribution >= 4 is 17.7 Å². The van der Waals surface area contributed by atoms with E-state index in [0.29, 0.717) is 0 Å². The number of rotatable bonds is 11. The molecule has 0 aromatic heterocycles. The summed E-state index contributed by atoms with van der Waals surface area (Å²) in [5, 5.41) is 8.89.